The summed E-state index contributed by atoms with van der Waals surface area (Å²) >= 11 is 0. The first-order valence-electron chi connectivity index (χ1n) is 8.15. The number of benzene rings is 1. The van der Waals surface area contributed by atoms with E-state index in [2.05, 4.69) is 0 Å². The number of piperidine rings is 1. The highest BCUT2D eigenvalue weighted by Crippen LogP contribution is 2.33. The van der Waals surface area contributed by atoms with Crippen LogP contribution in [0.25, 0.3) is 0 Å². The fraction of sp³-hybridized carbons (Fsp3) is 0.529. The summed E-state index contributed by atoms with van der Waals surface area (Å²) in [5.41, 5.74) is 1.20. The number of hydrogen-bond acceptors (Lipinski definition) is 3. The second kappa shape index (κ2) is 5.30. The maximum atomic E-state index is 12.6. The first kappa shape index (κ1) is 13.6. The van der Waals surface area contributed by atoms with Crippen LogP contribution in [0.4, 0.5) is 0 Å². The zero-order valence-corrected chi connectivity index (χ0v) is 12.6. The van der Waals surface area contributed by atoms with Crippen LogP contribution in [0.3, 0.4) is 0 Å². The minimum Gasteiger partial charge on any atom is -0.470 e. The van der Waals surface area contributed by atoms with Gasteiger partial charge in [-0.1, -0.05) is 0 Å². The van der Waals surface area contributed by atoms with E-state index in [1.54, 1.807) is 23.1 Å². The lowest BCUT2D eigenvalue weighted by atomic mass is 10.0. The molecule has 3 heterocycles. The van der Waals surface area contributed by atoms with Crippen molar-refractivity contribution >= 4 is 11.8 Å². The second-order valence-corrected chi connectivity index (χ2v) is 6.28. The Balaban J connectivity index is 1.61. The molecule has 0 bridgehead atoms. The number of nitrogens with zero attached hydrogens (tertiary/aromatic N) is 2. The molecule has 1 aromatic rings. The molecule has 0 radical (unpaired) electrons. The minimum atomic E-state index is -0.152. The molecule has 3 aliphatic heterocycles. The smallest absolute Gasteiger partial charge is 0.260 e. The molecule has 1 atom stereocenters. The molecule has 2 fully saturated rings. The molecule has 1 unspecified atom stereocenters. The van der Waals surface area contributed by atoms with Crippen molar-refractivity contribution < 1.29 is 14.3 Å². The summed E-state index contributed by atoms with van der Waals surface area (Å²) in [6.45, 7) is 2.41. The average Bonchev–Trinajstić information content (AvgIpc) is 3.03. The molecular formula is C17H20N2O3. The lowest BCUT2D eigenvalue weighted by Crippen LogP contribution is -2.43. The van der Waals surface area contributed by atoms with Crippen molar-refractivity contribution in [2.45, 2.75) is 38.3 Å². The van der Waals surface area contributed by atoms with E-state index in [-0.39, 0.29) is 18.0 Å². The number of rotatable bonds is 1. The van der Waals surface area contributed by atoms with Crippen LogP contribution in [0, 0.1) is 0 Å². The van der Waals surface area contributed by atoms with E-state index in [0.29, 0.717) is 16.9 Å². The third kappa shape index (κ3) is 2.16. The van der Waals surface area contributed by atoms with Gasteiger partial charge in [0.05, 0.1) is 5.56 Å². The van der Waals surface area contributed by atoms with E-state index >= 15 is 0 Å². The van der Waals surface area contributed by atoms with Crippen LogP contribution < -0.4 is 4.74 Å². The average molecular weight is 300 g/mol. The molecule has 3 aliphatic rings. The van der Waals surface area contributed by atoms with Crippen molar-refractivity contribution in [2.75, 3.05) is 19.6 Å². The summed E-state index contributed by atoms with van der Waals surface area (Å²) in [5, 5.41) is 0. The Morgan fingerprint density at radius 1 is 1.09 bits per heavy atom. The van der Waals surface area contributed by atoms with Gasteiger partial charge in [0, 0.05) is 31.6 Å². The topological polar surface area (TPSA) is 49.9 Å². The Bertz CT molecular complexity index is 622. The van der Waals surface area contributed by atoms with E-state index in [1.165, 1.54) is 6.42 Å². The lowest BCUT2D eigenvalue weighted by molar-refractivity contribution is 0.0292. The second-order valence-electron chi connectivity index (χ2n) is 6.28. The summed E-state index contributed by atoms with van der Waals surface area (Å²) < 4.78 is 5.94. The Hall–Kier alpha value is -2.04. The van der Waals surface area contributed by atoms with Gasteiger partial charge in [0.1, 0.15) is 5.75 Å². The zero-order chi connectivity index (χ0) is 15.1. The van der Waals surface area contributed by atoms with Gasteiger partial charge in [0.2, 0.25) is 0 Å². The molecule has 1 aromatic carbocycles. The molecule has 5 nitrogen and oxygen atoms in total. The third-order valence-corrected chi connectivity index (χ3v) is 4.82. The van der Waals surface area contributed by atoms with Gasteiger partial charge in [0.25, 0.3) is 11.8 Å². The van der Waals surface area contributed by atoms with Crippen LogP contribution in [0.15, 0.2) is 18.2 Å². The highest BCUT2D eigenvalue weighted by Gasteiger charge is 2.37. The van der Waals surface area contributed by atoms with Crippen LogP contribution in [0.5, 0.6) is 5.75 Å². The molecule has 0 spiro atoms. The fourth-order valence-corrected chi connectivity index (χ4v) is 3.60. The maximum absolute atomic E-state index is 12.6. The van der Waals surface area contributed by atoms with E-state index in [4.69, 9.17) is 4.74 Å². The normalized spacial score (nSPS) is 23.8. The Kier molecular flexibility index (Phi) is 3.28. The van der Waals surface area contributed by atoms with Gasteiger partial charge in [-0.2, -0.15) is 0 Å². The highest BCUT2D eigenvalue weighted by atomic mass is 16.5. The van der Waals surface area contributed by atoms with Crippen LogP contribution in [0.2, 0.25) is 0 Å². The minimum absolute atomic E-state index is 0.0284. The number of carbonyl (C=O) groups is 2. The third-order valence-electron chi connectivity index (χ3n) is 4.82. The SMILES string of the molecule is O=C(c1ccc2c(c1)OC1CCCN1C2=O)N1CCCCC1. The van der Waals surface area contributed by atoms with Crippen molar-refractivity contribution in [3.8, 4) is 5.75 Å². The Morgan fingerprint density at radius 3 is 2.73 bits per heavy atom. The summed E-state index contributed by atoms with van der Waals surface area (Å²) in [6.07, 6.45) is 5.04. The lowest BCUT2D eigenvalue weighted by Gasteiger charge is -2.32. The van der Waals surface area contributed by atoms with Crippen molar-refractivity contribution in [2.24, 2.45) is 0 Å². The standard InChI is InChI=1S/C17H20N2O3/c20-16(18-8-2-1-3-9-18)12-6-7-13-14(11-12)22-15-5-4-10-19(15)17(13)21/h6-7,11,15H,1-5,8-10H2. The van der Waals surface area contributed by atoms with Crippen LogP contribution in [-0.2, 0) is 0 Å². The molecule has 2 amide bonds. The number of hydrogen-bond donors (Lipinski definition) is 0. The van der Waals surface area contributed by atoms with Crippen LogP contribution in [0.1, 0.15) is 52.8 Å². The number of ether oxygens (including phenoxy) is 1. The van der Waals surface area contributed by atoms with Crippen molar-refractivity contribution in [3.05, 3.63) is 29.3 Å². The number of likely N-dealkylation sites (tertiary alicyclic amines) is 1. The van der Waals surface area contributed by atoms with Crippen molar-refractivity contribution in [1.29, 1.82) is 0 Å². The first-order valence-corrected chi connectivity index (χ1v) is 8.15. The van der Waals surface area contributed by atoms with Gasteiger partial charge in [0.15, 0.2) is 6.23 Å². The maximum Gasteiger partial charge on any atom is 0.260 e. The Labute approximate surface area is 129 Å². The van der Waals surface area contributed by atoms with Gasteiger partial charge in [-0.3, -0.25) is 9.59 Å². The summed E-state index contributed by atoms with van der Waals surface area (Å²) in [4.78, 5) is 28.7. The molecule has 116 valence electrons. The monoisotopic (exact) mass is 300 g/mol. The van der Waals surface area contributed by atoms with Gasteiger partial charge >= 0.3 is 0 Å². The summed E-state index contributed by atoms with van der Waals surface area (Å²) in [5.74, 6) is 0.643. The molecule has 5 heteroatoms. The van der Waals surface area contributed by atoms with Crippen molar-refractivity contribution in [3.63, 3.8) is 0 Å². The van der Waals surface area contributed by atoms with E-state index in [1.807, 2.05) is 4.90 Å². The van der Waals surface area contributed by atoms with Crippen molar-refractivity contribution in [1.82, 2.24) is 9.80 Å². The molecule has 22 heavy (non-hydrogen) atoms. The van der Waals surface area contributed by atoms with Crippen LogP contribution >= 0.6 is 0 Å². The molecule has 0 aromatic heterocycles. The van der Waals surface area contributed by atoms with Gasteiger partial charge in [-0.15, -0.1) is 0 Å². The predicted molar refractivity (Wildman–Crippen MR) is 80.9 cm³/mol. The van der Waals surface area contributed by atoms with Gasteiger partial charge in [-0.05, 0) is 43.9 Å². The Morgan fingerprint density at radius 2 is 1.91 bits per heavy atom. The molecular weight excluding hydrogens is 280 g/mol. The molecule has 0 saturated carbocycles. The molecule has 0 N–H and O–H groups in total. The summed E-state index contributed by atoms with van der Waals surface area (Å²) in [6, 6.07) is 5.25. The zero-order valence-electron chi connectivity index (χ0n) is 12.6. The molecule has 2 saturated heterocycles. The van der Waals surface area contributed by atoms with E-state index in [9.17, 15) is 9.59 Å². The van der Waals surface area contributed by atoms with E-state index in [0.717, 1.165) is 45.3 Å². The summed E-state index contributed by atoms with van der Waals surface area (Å²) in [7, 11) is 0. The van der Waals surface area contributed by atoms with Gasteiger partial charge < -0.3 is 14.5 Å². The highest BCUT2D eigenvalue weighted by molar-refractivity contribution is 6.01. The predicted octanol–water partition coefficient (Wildman–Crippen LogP) is 2.27. The number of carbonyl (C=O) groups excluding carboxylic acids is 2. The van der Waals surface area contributed by atoms with Crippen LogP contribution in [-0.4, -0.2) is 47.5 Å². The van der Waals surface area contributed by atoms with E-state index < -0.39 is 0 Å². The first-order chi connectivity index (χ1) is 10.7. The van der Waals surface area contributed by atoms with Gasteiger partial charge in [-0.25, -0.2) is 0 Å². The number of fused-ring (bicyclic) bond motifs is 2. The number of amides is 2. The molecule has 0 aliphatic carbocycles. The quantitative estimate of drug-likeness (QED) is 0.799. The largest absolute Gasteiger partial charge is 0.470 e. The fourth-order valence-electron chi connectivity index (χ4n) is 3.60. The molecule has 4 rings (SSSR count).